The molecule has 3 aromatic carbocycles. The number of thioether (sulfide) groups is 1. The highest BCUT2D eigenvalue weighted by molar-refractivity contribution is 7.98. The Morgan fingerprint density at radius 1 is 1.07 bits per heavy atom. The minimum atomic E-state index is -0.624. The summed E-state index contributed by atoms with van der Waals surface area (Å²) in [6.07, 6.45) is 3.66. The van der Waals surface area contributed by atoms with Gasteiger partial charge in [-0.3, -0.25) is 9.36 Å². The number of para-hydroxylation sites is 1. The fraction of sp³-hybridized carbons (Fsp3) is 0.242. The van der Waals surface area contributed by atoms with Gasteiger partial charge in [0.15, 0.2) is 4.80 Å². The molecule has 1 aliphatic heterocycles. The highest BCUT2D eigenvalue weighted by Gasteiger charge is 2.33. The van der Waals surface area contributed by atoms with Crippen LogP contribution in [0.5, 0.6) is 0 Å². The van der Waals surface area contributed by atoms with Gasteiger partial charge < -0.3 is 9.30 Å². The van der Waals surface area contributed by atoms with Crippen LogP contribution in [0.3, 0.4) is 0 Å². The van der Waals surface area contributed by atoms with Crippen LogP contribution in [0, 0.1) is 0 Å². The first kappa shape index (κ1) is 27.3. The predicted octanol–water partition coefficient (Wildman–Crippen LogP) is 6.04. The molecule has 5 aromatic rings. The number of fused-ring (bicyclic) bond motifs is 4. The number of aryl methyl sites for hydroxylation is 1. The normalized spacial score (nSPS) is 15.6. The molecule has 0 unspecified atom stereocenters. The molecule has 1 aliphatic rings. The van der Waals surface area contributed by atoms with E-state index < -0.39 is 12.0 Å². The molecule has 6 rings (SSSR count). The van der Waals surface area contributed by atoms with Crippen LogP contribution in [-0.2, 0) is 16.1 Å². The van der Waals surface area contributed by atoms with Gasteiger partial charge in [0.2, 0.25) is 0 Å². The lowest BCUT2D eigenvalue weighted by molar-refractivity contribution is -0.143. The van der Waals surface area contributed by atoms with Crippen molar-refractivity contribution in [3.63, 3.8) is 0 Å². The van der Waals surface area contributed by atoms with E-state index in [2.05, 4.69) is 54.0 Å². The number of allylic oxidation sites excluding steroid dienone is 1. The Hall–Kier alpha value is -3.88. The van der Waals surface area contributed by atoms with Crippen molar-refractivity contribution in [2.75, 3.05) is 6.26 Å². The smallest absolute Gasteiger partial charge is 0.338 e. The highest BCUT2D eigenvalue weighted by atomic mass is 32.2. The van der Waals surface area contributed by atoms with Gasteiger partial charge in [0.25, 0.3) is 5.56 Å². The molecular formula is C33H31N3O3S2. The highest BCUT2D eigenvalue weighted by Crippen LogP contribution is 2.32. The van der Waals surface area contributed by atoms with E-state index in [0.717, 1.165) is 28.0 Å². The molecule has 0 radical (unpaired) electrons. The molecule has 1 atom stereocenters. The lowest BCUT2D eigenvalue weighted by Crippen LogP contribution is -2.40. The standard InChI is InChI=1S/C33H31N3O3S2/c1-6-35-26-10-8-7-9-24(26)25-17-21(11-16-27(25)35)18-28-31(37)36-30(22-12-14-23(40-5)15-13-22)29(32(38)39-19(2)3)20(4)34-33(36)41-28/h7-19,30H,6H2,1-5H3/b28-18+/t30-/m0/s1. The third-order valence-corrected chi connectivity index (χ3v) is 9.15. The summed E-state index contributed by atoms with van der Waals surface area (Å²) >= 11 is 2.99. The number of hydrogen-bond donors (Lipinski definition) is 0. The molecule has 2 aromatic heterocycles. The minimum Gasteiger partial charge on any atom is -0.459 e. The Kier molecular flexibility index (Phi) is 7.21. The first-order chi connectivity index (χ1) is 19.8. The number of esters is 1. The van der Waals surface area contributed by atoms with Crippen LogP contribution in [0.25, 0.3) is 27.9 Å². The van der Waals surface area contributed by atoms with E-state index in [0.29, 0.717) is 20.6 Å². The quantitative estimate of drug-likeness (QED) is 0.181. The van der Waals surface area contributed by atoms with Gasteiger partial charge in [-0.2, -0.15) is 0 Å². The van der Waals surface area contributed by atoms with E-state index in [-0.39, 0.29) is 11.7 Å². The lowest BCUT2D eigenvalue weighted by atomic mass is 9.96. The summed E-state index contributed by atoms with van der Waals surface area (Å²) in [6.45, 7) is 8.48. The summed E-state index contributed by atoms with van der Waals surface area (Å²) in [4.78, 5) is 33.8. The lowest BCUT2D eigenvalue weighted by Gasteiger charge is -2.25. The van der Waals surface area contributed by atoms with Gasteiger partial charge in [-0.15, -0.1) is 11.8 Å². The summed E-state index contributed by atoms with van der Waals surface area (Å²) in [5, 5.41) is 2.35. The van der Waals surface area contributed by atoms with E-state index in [4.69, 9.17) is 9.73 Å². The average Bonchev–Trinajstić information content (AvgIpc) is 3.45. The Bertz CT molecular complexity index is 2030. The second-order valence-electron chi connectivity index (χ2n) is 10.3. The largest absolute Gasteiger partial charge is 0.459 e. The van der Waals surface area contributed by atoms with Crippen molar-refractivity contribution in [3.8, 4) is 0 Å². The molecule has 0 saturated heterocycles. The zero-order chi connectivity index (χ0) is 28.8. The second-order valence-corrected chi connectivity index (χ2v) is 12.2. The molecule has 0 bridgehead atoms. The third kappa shape index (κ3) is 4.75. The Morgan fingerprint density at radius 2 is 1.80 bits per heavy atom. The van der Waals surface area contributed by atoms with E-state index >= 15 is 0 Å². The number of carbonyl (C=O) groups is 1. The number of carbonyl (C=O) groups excluding carboxylic acids is 1. The summed E-state index contributed by atoms with van der Waals surface area (Å²) < 4.78 is 10.1. The first-order valence-corrected chi connectivity index (χ1v) is 15.7. The average molecular weight is 582 g/mol. The molecule has 0 fully saturated rings. The first-order valence-electron chi connectivity index (χ1n) is 13.7. The van der Waals surface area contributed by atoms with E-state index in [1.807, 2.05) is 57.4 Å². The zero-order valence-electron chi connectivity index (χ0n) is 23.7. The summed E-state index contributed by atoms with van der Waals surface area (Å²) in [5.74, 6) is -0.452. The fourth-order valence-corrected chi connectivity index (χ4v) is 7.07. The van der Waals surface area contributed by atoms with Gasteiger partial charge in [-0.1, -0.05) is 47.7 Å². The Morgan fingerprint density at radius 3 is 2.51 bits per heavy atom. The number of rotatable bonds is 6. The van der Waals surface area contributed by atoms with Crippen molar-refractivity contribution in [1.82, 2.24) is 9.13 Å². The Labute approximate surface area is 246 Å². The van der Waals surface area contributed by atoms with Gasteiger partial charge >= 0.3 is 5.97 Å². The maximum absolute atomic E-state index is 14.0. The number of hydrogen-bond acceptors (Lipinski definition) is 6. The summed E-state index contributed by atoms with van der Waals surface area (Å²) in [5.41, 5.74) is 4.94. The van der Waals surface area contributed by atoms with Crippen LogP contribution < -0.4 is 14.9 Å². The number of benzene rings is 3. The maximum atomic E-state index is 14.0. The van der Waals surface area contributed by atoms with Gasteiger partial charge in [-0.05, 0) is 81.5 Å². The topological polar surface area (TPSA) is 65.6 Å². The van der Waals surface area contributed by atoms with E-state index in [1.165, 1.54) is 27.8 Å². The number of aromatic nitrogens is 2. The number of ether oxygens (including phenoxy) is 1. The fourth-order valence-electron chi connectivity index (χ4n) is 5.61. The minimum absolute atomic E-state index is 0.175. The molecule has 41 heavy (non-hydrogen) atoms. The number of thiazole rings is 1. The van der Waals surface area contributed by atoms with Crippen molar-refractivity contribution >= 4 is 56.9 Å². The number of nitrogens with zero attached hydrogens (tertiary/aromatic N) is 3. The van der Waals surface area contributed by atoms with E-state index in [9.17, 15) is 9.59 Å². The predicted molar refractivity (Wildman–Crippen MR) is 168 cm³/mol. The third-order valence-electron chi connectivity index (χ3n) is 7.43. The van der Waals surface area contributed by atoms with Crippen LogP contribution in [0.15, 0.2) is 92.7 Å². The Balaban J connectivity index is 1.53. The molecule has 0 N–H and O–H groups in total. The van der Waals surface area contributed by atoms with Crippen LogP contribution in [0.4, 0.5) is 0 Å². The molecule has 0 spiro atoms. The molecule has 0 amide bonds. The van der Waals surface area contributed by atoms with Crippen molar-refractivity contribution in [3.05, 3.63) is 109 Å². The molecule has 8 heteroatoms. The van der Waals surface area contributed by atoms with Crippen LogP contribution in [-0.4, -0.2) is 27.5 Å². The van der Waals surface area contributed by atoms with Crippen molar-refractivity contribution in [1.29, 1.82) is 0 Å². The monoisotopic (exact) mass is 581 g/mol. The van der Waals surface area contributed by atoms with Gasteiger partial charge in [-0.25, -0.2) is 9.79 Å². The summed E-state index contributed by atoms with van der Waals surface area (Å²) in [7, 11) is 0. The zero-order valence-corrected chi connectivity index (χ0v) is 25.3. The maximum Gasteiger partial charge on any atom is 0.338 e. The van der Waals surface area contributed by atoms with Gasteiger partial charge in [0.1, 0.15) is 0 Å². The van der Waals surface area contributed by atoms with Crippen LogP contribution in [0.1, 0.15) is 44.9 Å². The molecule has 6 nitrogen and oxygen atoms in total. The molecule has 3 heterocycles. The molecule has 0 aliphatic carbocycles. The van der Waals surface area contributed by atoms with E-state index in [1.54, 1.807) is 16.3 Å². The summed E-state index contributed by atoms with van der Waals surface area (Å²) in [6, 6.07) is 22.1. The van der Waals surface area contributed by atoms with Gasteiger partial charge in [0, 0.05) is 33.2 Å². The van der Waals surface area contributed by atoms with Crippen molar-refractivity contribution < 1.29 is 9.53 Å². The van der Waals surface area contributed by atoms with Crippen LogP contribution >= 0.6 is 23.1 Å². The van der Waals surface area contributed by atoms with Crippen molar-refractivity contribution in [2.24, 2.45) is 4.99 Å². The molecule has 208 valence electrons. The second kappa shape index (κ2) is 10.8. The SMILES string of the molecule is CCn1c2ccccc2c2cc(/C=c3/sc4n(c3=O)[C@@H](c3ccc(SC)cc3)C(C(=O)OC(C)C)=C(C)N=4)ccc21. The van der Waals surface area contributed by atoms with Gasteiger partial charge in [0.05, 0.1) is 27.9 Å². The molecule has 0 saturated carbocycles. The molecular weight excluding hydrogens is 551 g/mol. The van der Waals surface area contributed by atoms with Crippen LogP contribution in [0.2, 0.25) is 0 Å². The van der Waals surface area contributed by atoms with Crippen molar-refractivity contribution in [2.45, 2.75) is 51.3 Å².